The number of aliphatic hydroxyl groups excluding tert-OH is 1. The van der Waals surface area contributed by atoms with Crippen LogP contribution in [0.1, 0.15) is 24.1 Å². The number of anilines is 1. The molecule has 10 nitrogen and oxygen atoms in total. The number of ketones is 1. The van der Waals surface area contributed by atoms with Crippen molar-refractivity contribution in [1.82, 2.24) is 4.98 Å². The molecule has 1 N–H and O–H groups in total. The van der Waals surface area contributed by atoms with Crippen LogP contribution in [0.2, 0.25) is 0 Å². The summed E-state index contributed by atoms with van der Waals surface area (Å²) in [7, 11) is 5.95. The Hall–Kier alpha value is -4.77. The van der Waals surface area contributed by atoms with Gasteiger partial charge in [-0.15, -0.1) is 0 Å². The van der Waals surface area contributed by atoms with Crippen LogP contribution in [0.4, 0.5) is 5.13 Å². The molecular formula is C30H28N2O8S. The highest BCUT2D eigenvalue weighted by atomic mass is 32.1. The molecule has 1 aliphatic heterocycles. The minimum Gasteiger partial charge on any atom is -0.507 e. The van der Waals surface area contributed by atoms with Gasteiger partial charge in [0, 0.05) is 5.56 Å². The van der Waals surface area contributed by atoms with Gasteiger partial charge in [0.2, 0.25) is 5.75 Å². The van der Waals surface area contributed by atoms with E-state index in [9.17, 15) is 14.7 Å². The zero-order chi connectivity index (χ0) is 29.3. The van der Waals surface area contributed by atoms with Crippen molar-refractivity contribution < 1.29 is 38.4 Å². The van der Waals surface area contributed by atoms with E-state index in [4.69, 9.17) is 23.7 Å². The molecule has 11 heteroatoms. The van der Waals surface area contributed by atoms with Gasteiger partial charge in [-0.2, -0.15) is 0 Å². The Bertz CT molecular complexity index is 1640. The van der Waals surface area contributed by atoms with Gasteiger partial charge in [0.25, 0.3) is 5.78 Å². The largest absolute Gasteiger partial charge is 0.507 e. The van der Waals surface area contributed by atoms with Gasteiger partial charge in [-0.1, -0.05) is 11.3 Å². The van der Waals surface area contributed by atoms with Gasteiger partial charge in [0.1, 0.15) is 17.3 Å². The van der Waals surface area contributed by atoms with E-state index >= 15 is 0 Å². The van der Waals surface area contributed by atoms with Crippen molar-refractivity contribution in [3.63, 3.8) is 0 Å². The van der Waals surface area contributed by atoms with Crippen molar-refractivity contribution in [2.24, 2.45) is 0 Å². The number of thiazole rings is 1. The SMILES string of the molecule is CCOc1ccc2nc(N3C(=O)C(=O)/C(=C(/O)c4ccc(OC)cc4)[C@H]3c3cc(OC)c(OC)c(OC)c3)sc2c1. The predicted octanol–water partition coefficient (Wildman–Crippen LogP) is 5.36. The molecule has 0 bridgehead atoms. The van der Waals surface area contributed by atoms with Crippen LogP contribution in [0.3, 0.4) is 0 Å². The molecule has 0 radical (unpaired) electrons. The molecule has 212 valence electrons. The molecule has 0 aliphatic carbocycles. The summed E-state index contributed by atoms with van der Waals surface area (Å²) in [5.74, 6) is 0.197. The fraction of sp³-hybridized carbons (Fsp3) is 0.233. The van der Waals surface area contributed by atoms with Crippen LogP contribution < -0.4 is 28.6 Å². The van der Waals surface area contributed by atoms with E-state index in [0.717, 1.165) is 4.70 Å². The van der Waals surface area contributed by atoms with Crippen molar-refractivity contribution >= 4 is 44.1 Å². The summed E-state index contributed by atoms with van der Waals surface area (Å²) in [6.07, 6.45) is 0. The number of carbonyl (C=O) groups excluding carboxylic acids is 2. The average Bonchev–Trinajstić information content (AvgIpc) is 3.53. The van der Waals surface area contributed by atoms with E-state index in [1.165, 1.54) is 44.7 Å². The first kappa shape index (κ1) is 27.8. The minimum absolute atomic E-state index is 0.108. The summed E-state index contributed by atoms with van der Waals surface area (Å²) < 4.78 is 28.2. The molecule has 4 aromatic rings. The third-order valence-electron chi connectivity index (χ3n) is 6.68. The molecule has 41 heavy (non-hydrogen) atoms. The fourth-order valence-electron chi connectivity index (χ4n) is 4.76. The van der Waals surface area contributed by atoms with E-state index in [-0.39, 0.29) is 16.5 Å². The quantitative estimate of drug-likeness (QED) is 0.160. The lowest BCUT2D eigenvalue weighted by Gasteiger charge is -2.24. The molecule has 2 heterocycles. The Morgan fingerprint density at radius 1 is 0.902 bits per heavy atom. The first-order valence-corrected chi connectivity index (χ1v) is 13.5. The number of amides is 1. The number of fused-ring (bicyclic) bond motifs is 1. The van der Waals surface area contributed by atoms with Crippen LogP contribution in [-0.4, -0.2) is 56.8 Å². The molecule has 1 atom stereocenters. The van der Waals surface area contributed by atoms with Crippen molar-refractivity contribution in [2.75, 3.05) is 39.9 Å². The number of aromatic nitrogens is 1. The molecule has 1 saturated heterocycles. The average molecular weight is 577 g/mol. The van der Waals surface area contributed by atoms with Gasteiger partial charge in [0.05, 0.1) is 56.9 Å². The van der Waals surface area contributed by atoms with Crippen LogP contribution in [0, 0.1) is 0 Å². The zero-order valence-corrected chi connectivity index (χ0v) is 23.9. The van der Waals surface area contributed by atoms with Crippen LogP contribution in [0.15, 0.2) is 60.2 Å². The van der Waals surface area contributed by atoms with Crippen molar-refractivity contribution in [2.45, 2.75) is 13.0 Å². The monoisotopic (exact) mass is 576 g/mol. The highest BCUT2D eigenvalue weighted by Crippen LogP contribution is 2.48. The number of methoxy groups -OCH3 is 4. The van der Waals surface area contributed by atoms with Gasteiger partial charge in [-0.3, -0.25) is 14.5 Å². The lowest BCUT2D eigenvalue weighted by Crippen LogP contribution is -2.29. The van der Waals surface area contributed by atoms with E-state index in [2.05, 4.69) is 4.98 Å². The summed E-state index contributed by atoms with van der Waals surface area (Å²) in [6, 6.07) is 14.2. The summed E-state index contributed by atoms with van der Waals surface area (Å²) in [5, 5.41) is 11.8. The lowest BCUT2D eigenvalue weighted by molar-refractivity contribution is -0.132. The molecular weight excluding hydrogens is 548 g/mol. The molecule has 1 fully saturated rings. The third kappa shape index (κ3) is 4.89. The van der Waals surface area contributed by atoms with Gasteiger partial charge in [0.15, 0.2) is 16.6 Å². The number of rotatable bonds is 9. The normalized spacial score (nSPS) is 16.2. The zero-order valence-electron chi connectivity index (χ0n) is 23.1. The maximum Gasteiger partial charge on any atom is 0.301 e. The minimum atomic E-state index is -1.06. The Labute approximate surface area is 240 Å². The number of Topliss-reactive ketones (excluding diaryl/α,β-unsaturated/α-hetero) is 1. The number of carbonyl (C=O) groups is 2. The standard InChI is InChI=1S/C30H28N2O8S/c1-6-40-19-11-12-20-23(15-19)41-30(31-20)32-25(17-13-21(37-3)28(39-5)22(14-17)38-4)24(27(34)29(32)35)26(33)16-7-9-18(36-2)10-8-16/h7-15,25,33H,6H2,1-5H3/b26-24+/t25-/m1/s1. The molecule has 1 amide bonds. The van der Waals surface area contributed by atoms with E-state index < -0.39 is 17.7 Å². The molecule has 0 spiro atoms. The van der Waals surface area contributed by atoms with Crippen molar-refractivity contribution in [3.05, 3.63) is 71.3 Å². The molecule has 3 aromatic carbocycles. The summed E-state index contributed by atoms with van der Waals surface area (Å²) >= 11 is 1.23. The van der Waals surface area contributed by atoms with Gasteiger partial charge >= 0.3 is 5.91 Å². The van der Waals surface area contributed by atoms with Crippen molar-refractivity contribution in [3.8, 4) is 28.7 Å². The smallest absolute Gasteiger partial charge is 0.301 e. The molecule has 1 aliphatic rings. The first-order chi connectivity index (χ1) is 19.8. The summed E-state index contributed by atoms with van der Waals surface area (Å²) in [6.45, 7) is 2.39. The molecule has 0 unspecified atom stereocenters. The van der Waals surface area contributed by atoms with Crippen LogP contribution >= 0.6 is 11.3 Å². The first-order valence-electron chi connectivity index (χ1n) is 12.6. The maximum absolute atomic E-state index is 13.7. The molecule has 0 saturated carbocycles. The van der Waals surface area contributed by atoms with E-state index in [0.29, 0.717) is 52.0 Å². The third-order valence-corrected chi connectivity index (χ3v) is 7.69. The number of hydrogen-bond donors (Lipinski definition) is 1. The molecule has 1 aromatic heterocycles. The Morgan fingerprint density at radius 3 is 2.15 bits per heavy atom. The fourth-order valence-corrected chi connectivity index (χ4v) is 5.78. The predicted molar refractivity (Wildman–Crippen MR) is 155 cm³/mol. The second kappa shape index (κ2) is 11.4. The van der Waals surface area contributed by atoms with Gasteiger partial charge < -0.3 is 28.8 Å². The van der Waals surface area contributed by atoms with Gasteiger partial charge in [-0.25, -0.2) is 4.98 Å². The van der Waals surface area contributed by atoms with E-state index in [1.54, 1.807) is 48.5 Å². The highest BCUT2D eigenvalue weighted by molar-refractivity contribution is 7.22. The number of benzene rings is 3. The molecule has 5 rings (SSSR count). The second-order valence-electron chi connectivity index (χ2n) is 8.92. The second-order valence-corrected chi connectivity index (χ2v) is 9.92. The topological polar surface area (TPSA) is 117 Å². The highest BCUT2D eigenvalue weighted by Gasteiger charge is 2.48. The Balaban J connectivity index is 1.75. The Morgan fingerprint density at radius 2 is 1.56 bits per heavy atom. The van der Waals surface area contributed by atoms with Crippen molar-refractivity contribution in [1.29, 1.82) is 0 Å². The number of hydrogen-bond acceptors (Lipinski definition) is 10. The Kier molecular flexibility index (Phi) is 7.71. The van der Waals surface area contributed by atoms with Crippen LogP contribution in [-0.2, 0) is 9.59 Å². The number of aliphatic hydroxyl groups is 1. The summed E-state index contributed by atoms with van der Waals surface area (Å²) in [4.78, 5) is 33.3. The number of ether oxygens (including phenoxy) is 5. The summed E-state index contributed by atoms with van der Waals surface area (Å²) in [5.41, 5.74) is 1.31. The lowest BCUT2D eigenvalue weighted by atomic mass is 9.94. The van der Waals surface area contributed by atoms with Crippen LogP contribution in [0.25, 0.3) is 16.0 Å². The number of nitrogens with zero attached hydrogens (tertiary/aromatic N) is 2. The van der Waals surface area contributed by atoms with E-state index in [1.807, 2.05) is 13.0 Å². The van der Waals surface area contributed by atoms with Crippen LogP contribution in [0.5, 0.6) is 28.7 Å². The maximum atomic E-state index is 13.7. The van der Waals surface area contributed by atoms with Gasteiger partial charge in [-0.05, 0) is 67.1 Å².